The number of alkyl halides is 2. The molecule has 1 aromatic heterocycles. The van der Waals surface area contributed by atoms with Gasteiger partial charge in [0.15, 0.2) is 0 Å². The van der Waals surface area contributed by atoms with E-state index in [1.807, 2.05) is 0 Å². The van der Waals surface area contributed by atoms with Crippen molar-refractivity contribution < 1.29 is 37.3 Å². The summed E-state index contributed by atoms with van der Waals surface area (Å²) in [4.78, 5) is 33.8. The van der Waals surface area contributed by atoms with Crippen LogP contribution in [0.5, 0.6) is 0 Å². The van der Waals surface area contributed by atoms with E-state index in [-0.39, 0.29) is 50.9 Å². The Morgan fingerprint density at radius 3 is 2.09 bits per heavy atom. The van der Waals surface area contributed by atoms with Crippen molar-refractivity contribution in [1.29, 1.82) is 0 Å². The highest BCUT2D eigenvalue weighted by Gasteiger charge is 2.41. The minimum absolute atomic E-state index is 0. The first-order chi connectivity index (χ1) is 15.0. The lowest BCUT2D eigenvalue weighted by molar-refractivity contribution is -0.384. The third-order valence-electron chi connectivity index (χ3n) is 5.54. The second-order valence-electron chi connectivity index (χ2n) is 7.42. The summed E-state index contributed by atoms with van der Waals surface area (Å²) >= 11 is 5.76. The minimum Gasteiger partial charge on any atom is -0.467 e. The maximum absolute atomic E-state index is 13.5. The molecular weight excluding hydrogens is 505 g/mol. The number of methoxy groups -OCH3 is 1. The summed E-state index contributed by atoms with van der Waals surface area (Å²) in [5, 5.41) is 11.1. The highest BCUT2D eigenvalue weighted by Crippen LogP contribution is 2.39. The van der Waals surface area contributed by atoms with Crippen LogP contribution >= 0.6 is 11.6 Å². The SMILES string of the molecule is CCN(CC)CC.COC(=O)[C@@H](C)N(c1nc(Cl)ncc1[N+](=O)[O-])C1CCC(F)(F)CC1.F.F.F. The number of esters is 1. The predicted octanol–water partition coefficient (Wildman–Crippen LogP) is 4.79. The van der Waals surface area contributed by atoms with Gasteiger partial charge in [-0.25, -0.2) is 18.6 Å². The fourth-order valence-corrected chi connectivity index (χ4v) is 3.72. The van der Waals surface area contributed by atoms with Gasteiger partial charge in [0, 0.05) is 18.9 Å². The number of carbonyl (C=O) groups excluding carboxylic acids is 1. The highest BCUT2D eigenvalue weighted by atomic mass is 35.5. The third-order valence-corrected chi connectivity index (χ3v) is 5.73. The number of anilines is 1. The molecule has 1 aromatic rings. The Hall–Kier alpha value is -2.35. The lowest BCUT2D eigenvalue weighted by Gasteiger charge is -2.39. The number of hydrogen-bond donors (Lipinski definition) is 0. The molecule has 0 aliphatic heterocycles. The second kappa shape index (κ2) is 17.1. The summed E-state index contributed by atoms with van der Waals surface area (Å²) in [5.41, 5.74) is -0.461. The van der Waals surface area contributed by atoms with E-state index in [2.05, 4.69) is 35.6 Å². The molecule has 0 unspecified atom stereocenters. The summed E-state index contributed by atoms with van der Waals surface area (Å²) < 4.78 is 31.7. The van der Waals surface area contributed by atoms with Gasteiger partial charge in [-0.2, -0.15) is 4.98 Å². The van der Waals surface area contributed by atoms with Crippen molar-refractivity contribution in [3.05, 3.63) is 21.6 Å². The highest BCUT2D eigenvalue weighted by molar-refractivity contribution is 6.28. The van der Waals surface area contributed by atoms with Gasteiger partial charge in [-0.15, -0.1) is 0 Å². The molecule has 15 heteroatoms. The average molecular weight is 540 g/mol. The van der Waals surface area contributed by atoms with Gasteiger partial charge in [0.1, 0.15) is 12.2 Å². The lowest BCUT2D eigenvalue weighted by atomic mass is 9.90. The molecule has 0 amide bonds. The summed E-state index contributed by atoms with van der Waals surface area (Å²) in [6.45, 7) is 11.6. The Morgan fingerprint density at radius 2 is 1.71 bits per heavy atom. The smallest absolute Gasteiger partial charge is 0.329 e. The molecule has 2 rings (SSSR count). The number of ether oxygens (including phenoxy) is 1. The Balaban J connectivity index is -0.000000901. The number of halogens is 6. The molecule has 0 spiro atoms. The third kappa shape index (κ3) is 10.8. The van der Waals surface area contributed by atoms with Crippen molar-refractivity contribution in [1.82, 2.24) is 14.9 Å². The van der Waals surface area contributed by atoms with Crippen LogP contribution in [0, 0.1) is 10.1 Å². The monoisotopic (exact) mass is 539 g/mol. The first-order valence-corrected chi connectivity index (χ1v) is 11.0. The molecule has 1 fully saturated rings. The molecule has 0 aromatic carbocycles. The quantitative estimate of drug-likeness (QED) is 0.153. The van der Waals surface area contributed by atoms with E-state index in [4.69, 9.17) is 16.3 Å². The fraction of sp³-hybridized carbons (Fsp3) is 0.750. The number of nitro groups is 1. The van der Waals surface area contributed by atoms with Crippen LogP contribution in [0.2, 0.25) is 5.28 Å². The molecule has 1 aliphatic rings. The Morgan fingerprint density at radius 1 is 1.23 bits per heavy atom. The van der Waals surface area contributed by atoms with Crippen molar-refractivity contribution in [3.63, 3.8) is 0 Å². The van der Waals surface area contributed by atoms with E-state index >= 15 is 0 Å². The van der Waals surface area contributed by atoms with Crippen molar-refractivity contribution >= 4 is 29.1 Å². The van der Waals surface area contributed by atoms with Gasteiger partial charge < -0.3 is 14.5 Å². The lowest BCUT2D eigenvalue weighted by Crippen LogP contribution is -2.49. The Bertz CT molecular complexity index is 762. The van der Waals surface area contributed by atoms with Gasteiger partial charge in [-0.3, -0.25) is 24.2 Å². The van der Waals surface area contributed by atoms with Crippen LogP contribution in [0.3, 0.4) is 0 Å². The van der Waals surface area contributed by atoms with Gasteiger partial charge in [-0.1, -0.05) is 20.8 Å². The van der Waals surface area contributed by atoms with Gasteiger partial charge in [0.05, 0.1) is 12.0 Å². The zero-order valence-corrected chi connectivity index (χ0v) is 21.2. The van der Waals surface area contributed by atoms with Gasteiger partial charge >= 0.3 is 11.7 Å². The van der Waals surface area contributed by atoms with E-state index in [0.29, 0.717) is 0 Å². The van der Waals surface area contributed by atoms with Crippen LogP contribution in [0.25, 0.3) is 0 Å². The molecule has 1 atom stereocenters. The van der Waals surface area contributed by atoms with E-state index in [1.165, 1.54) is 38.6 Å². The molecule has 1 saturated carbocycles. The Kier molecular flexibility index (Phi) is 18.2. The normalized spacial score (nSPS) is 15.2. The molecular formula is C20H35ClF5N5O4. The van der Waals surface area contributed by atoms with Crippen molar-refractivity contribution in [3.8, 4) is 0 Å². The standard InChI is InChI=1S/C14H17ClF2N4O4.C6H15N.3FH/c1-8(12(22)25-2)20(9-3-5-14(16,17)6-4-9)11-10(21(23)24)7-18-13(15)19-11;1-4-7(5-2)6-3;;;/h7-9H,3-6H2,1-2H3;4-6H2,1-3H3;3*1H/t8-;;;;/m1..../s1. The summed E-state index contributed by atoms with van der Waals surface area (Å²) in [6, 6.07) is -1.51. The number of rotatable bonds is 8. The van der Waals surface area contributed by atoms with Crippen molar-refractivity contribution in [2.24, 2.45) is 0 Å². The van der Waals surface area contributed by atoms with Crippen LogP contribution in [0.1, 0.15) is 53.4 Å². The van der Waals surface area contributed by atoms with Crippen molar-refractivity contribution in [2.75, 3.05) is 31.6 Å². The van der Waals surface area contributed by atoms with Crippen LogP contribution in [0.15, 0.2) is 6.20 Å². The van der Waals surface area contributed by atoms with E-state index in [1.54, 1.807) is 0 Å². The van der Waals surface area contributed by atoms with E-state index in [0.717, 1.165) is 6.20 Å². The molecule has 35 heavy (non-hydrogen) atoms. The average Bonchev–Trinajstić information content (AvgIpc) is 2.76. The number of hydrogen-bond acceptors (Lipinski definition) is 8. The summed E-state index contributed by atoms with van der Waals surface area (Å²) in [7, 11) is 1.17. The molecule has 0 saturated heterocycles. The summed E-state index contributed by atoms with van der Waals surface area (Å²) in [5.74, 6) is -3.63. The maximum atomic E-state index is 13.5. The van der Waals surface area contributed by atoms with Crippen LogP contribution in [-0.4, -0.2) is 70.5 Å². The Labute approximate surface area is 206 Å². The van der Waals surface area contributed by atoms with Gasteiger partial charge in [0.2, 0.25) is 17.0 Å². The number of nitrogens with zero attached hydrogens (tertiary/aromatic N) is 5. The van der Waals surface area contributed by atoms with E-state index in [9.17, 15) is 23.7 Å². The molecule has 1 heterocycles. The first kappa shape index (κ1) is 37.2. The number of carbonyl (C=O) groups is 1. The fourth-order valence-electron chi connectivity index (χ4n) is 3.60. The molecule has 1 aliphatic carbocycles. The summed E-state index contributed by atoms with van der Waals surface area (Å²) in [6.07, 6.45) is 0.267. The largest absolute Gasteiger partial charge is 0.467 e. The zero-order valence-electron chi connectivity index (χ0n) is 20.4. The van der Waals surface area contributed by atoms with E-state index < -0.39 is 34.6 Å². The van der Waals surface area contributed by atoms with Crippen LogP contribution < -0.4 is 4.90 Å². The van der Waals surface area contributed by atoms with Crippen LogP contribution in [0.4, 0.5) is 34.4 Å². The molecule has 206 valence electrons. The van der Waals surface area contributed by atoms with Gasteiger partial charge in [-0.05, 0) is 51.0 Å². The minimum atomic E-state index is -2.79. The molecule has 0 N–H and O–H groups in total. The van der Waals surface area contributed by atoms with Crippen LogP contribution in [-0.2, 0) is 9.53 Å². The molecule has 0 radical (unpaired) electrons. The first-order valence-electron chi connectivity index (χ1n) is 10.6. The predicted molar refractivity (Wildman–Crippen MR) is 126 cm³/mol. The second-order valence-corrected chi connectivity index (χ2v) is 7.76. The maximum Gasteiger partial charge on any atom is 0.329 e. The topological polar surface area (TPSA) is 102 Å². The van der Waals surface area contributed by atoms with Gasteiger partial charge in [0.25, 0.3) is 0 Å². The molecule has 9 nitrogen and oxygen atoms in total. The number of aromatic nitrogens is 2. The van der Waals surface area contributed by atoms with Crippen molar-refractivity contribution in [2.45, 2.75) is 71.4 Å². The molecule has 0 bridgehead atoms. The zero-order chi connectivity index (χ0) is 24.5.